The Balaban J connectivity index is 1.99. The van der Waals surface area contributed by atoms with Crippen LogP contribution in [0.2, 0.25) is 5.02 Å². The van der Waals surface area contributed by atoms with Crippen LogP contribution < -0.4 is 4.74 Å². The molecule has 3 nitrogen and oxygen atoms in total. The average molecular weight is 303 g/mol. The van der Waals surface area contributed by atoms with Crippen LogP contribution in [-0.2, 0) is 0 Å². The van der Waals surface area contributed by atoms with E-state index in [0.29, 0.717) is 22.1 Å². The van der Waals surface area contributed by atoms with Gasteiger partial charge < -0.3 is 14.3 Å². The normalized spacial score (nSPS) is 12.6. The lowest BCUT2D eigenvalue weighted by Crippen LogP contribution is -1.98. The van der Waals surface area contributed by atoms with Crippen LogP contribution in [0.1, 0.15) is 23.0 Å². The van der Waals surface area contributed by atoms with Crippen LogP contribution in [0.25, 0.3) is 11.0 Å². The fourth-order valence-corrected chi connectivity index (χ4v) is 2.60. The Morgan fingerprint density at radius 2 is 1.95 bits per heavy atom. The highest BCUT2D eigenvalue weighted by molar-refractivity contribution is 6.32. The van der Waals surface area contributed by atoms with E-state index in [1.165, 1.54) is 0 Å². The van der Waals surface area contributed by atoms with E-state index < -0.39 is 6.10 Å². The van der Waals surface area contributed by atoms with E-state index in [2.05, 4.69) is 0 Å². The maximum absolute atomic E-state index is 10.5. The predicted molar refractivity (Wildman–Crippen MR) is 83.0 cm³/mol. The zero-order valence-electron chi connectivity index (χ0n) is 11.8. The van der Waals surface area contributed by atoms with Gasteiger partial charge in [0.05, 0.1) is 12.1 Å². The third-order valence-corrected chi connectivity index (χ3v) is 3.75. The molecule has 3 rings (SSSR count). The number of rotatable bonds is 3. The third-order valence-electron chi connectivity index (χ3n) is 3.45. The summed E-state index contributed by atoms with van der Waals surface area (Å²) in [6.45, 7) is 2.02. The molecule has 1 atom stereocenters. The Bertz CT molecular complexity index is 792. The summed E-state index contributed by atoms with van der Waals surface area (Å²) in [6, 6.07) is 12.9. The molecule has 0 saturated carbocycles. The first kappa shape index (κ1) is 14.0. The van der Waals surface area contributed by atoms with Crippen LogP contribution in [-0.4, -0.2) is 12.2 Å². The van der Waals surface area contributed by atoms with Gasteiger partial charge in [0.15, 0.2) is 0 Å². The quantitative estimate of drug-likeness (QED) is 0.775. The number of furan rings is 1. The van der Waals surface area contributed by atoms with E-state index in [0.717, 1.165) is 16.5 Å². The summed E-state index contributed by atoms with van der Waals surface area (Å²) in [5, 5.41) is 11.9. The lowest BCUT2D eigenvalue weighted by atomic mass is 10.1. The van der Waals surface area contributed by atoms with Crippen molar-refractivity contribution in [2.75, 3.05) is 7.11 Å². The van der Waals surface area contributed by atoms with E-state index in [4.69, 9.17) is 20.8 Å². The van der Waals surface area contributed by atoms with Crippen molar-refractivity contribution in [1.82, 2.24) is 0 Å². The zero-order valence-corrected chi connectivity index (χ0v) is 12.5. The van der Waals surface area contributed by atoms with Crippen LogP contribution in [0.4, 0.5) is 0 Å². The molecule has 108 valence electrons. The lowest BCUT2D eigenvalue weighted by molar-refractivity contribution is 0.192. The van der Waals surface area contributed by atoms with Gasteiger partial charge in [0, 0.05) is 5.39 Å². The zero-order chi connectivity index (χ0) is 15.0. The van der Waals surface area contributed by atoms with Gasteiger partial charge in [0.25, 0.3) is 0 Å². The van der Waals surface area contributed by atoms with E-state index >= 15 is 0 Å². The standard InChI is InChI=1S/C17H15ClO3/c1-10-3-5-14-12(7-10)9-16(21-14)17(19)11-4-6-15(20-2)13(18)8-11/h3-9,17,19H,1-2H3. The first-order chi connectivity index (χ1) is 10.1. The van der Waals surface area contributed by atoms with E-state index in [-0.39, 0.29) is 0 Å². The van der Waals surface area contributed by atoms with Crippen molar-refractivity contribution in [2.45, 2.75) is 13.0 Å². The van der Waals surface area contributed by atoms with Gasteiger partial charge in [-0.1, -0.05) is 29.3 Å². The van der Waals surface area contributed by atoms with Gasteiger partial charge >= 0.3 is 0 Å². The van der Waals surface area contributed by atoms with E-state index in [1.807, 2.05) is 31.2 Å². The number of hydrogen-bond donors (Lipinski definition) is 1. The molecule has 0 radical (unpaired) electrons. The Kier molecular flexibility index (Phi) is 3.62. The Labute approximate surface area is 127 Å². The van der Waals surface area contributed by atoms with Gasteiger partial charge in [-0.05, 0) is 42.8 Å². The molecule has 2 aromatic carbocycles. The number of fused-ring (bicyclic) bond motifs is 1. The summed E-state index contributed by atoms with van der Waals surface area (Å²) < 4.78 is 10.8. The first-order valence-electron chi connectivity index (χ1n) is 6.60. The molecule has 0 bridgehead atoms. The third kappa shape index (κ3) is 2.62. The van der Waals surface area contributed by atoms with Crippen molar-refractivity contribution >= 4 is 22.6 Å². The highest BCUT2D eigenvalue weighted by Crippen LogP contribution is 2.32. The molecule has 3 aromatic rings. The van der Waals surface area contributed by atoms with Crippen molar-refractivity contribution in [1.29, 1.82) is 0 Å². The lowest BCUT2D eigenvalue weighted by Gasteiger charge is -2.10. The molecule has 0 aliphatic carbocycles. The second kappa shape index (κ2) is 5.43. The van der Waals surface area contributed by atoms with Crippen LogP contribution >= 0.6 is 11.6 Å². The highest BCUT2D eigenvalue weighted by Gasteiger charge is 2.17. The van der Waals surface area contributed by atoms with Gasteiger partial charge in [0.2, 0.25) is 0 Å². The van der Waals surface area contributed by atoms with Crippen LogP contribution in [0, 0.1) is 6.92 Å². The van der Waals surface area contributed by atoms with E-state index in [9.17, 15) is 5.11 Å². The number of benzene rings is 2. The summed E-state index contributed by atoms with van der Waals surface area (Å²) in [7, 11) is 1.55. The molecule has 21 heavy (non-hydrogen) atoms. The number of halogens is 1. The van der Waals surface area contributed by atoms with Crippen LogP contribution in [0.15, 0.2) is 46.9 Å². The molecule has 0 saturated heterocycles. The van der Waals surface area contributed by atoms with Crippen molar-refractivity contribution in [3.8, 4) is 5.75 Å². The van der Waals surface area contributed by atoms with Crippen LogP contribution in [0.5, 0.6) is 5.75 Å². The molecule has 0 aliphatic rings. The van der Waals surface area contributed by atoms with Crippen LogP contribution in [0.3, 0.4) is 0 Å². The molecular formula is C17H15ClO3. The fraction of sp³-hybridized carbons (Fsp3) is 0.176. The molecule has 1 heterocycles. The largest absolute Gasteiger partial charge is 0.495 e. The van der Waals surface area contributed by atoms with Crippen molar-refractivity contribution in [2.24, 2.45) is 0 Å². The van der Waals surface area contributed by atoms with Crippen molar-refractivity contribution in [3.63, 3.8) is 0 Å². The fourth-order valence-electron chi connectivity index (χ4n) is 2.34. The summed E-state index contributed by atoms with van der Waals surface area (Å²) >= 11 is 6.09. The molecule has 1 unspecified atom stereocenters. The second-order valence-electron chi connectivity index (χ2n) is 4.99. The first-order valence-corrected chi connectivity index (χ1v) is 6.98. The smallest absolute Gasteiger partial charge is 0.138 e. The number of aliphatic hydroxyl groups is 1. The van der Waals surface area contributed by atoms with Gasteiger partial charge in [-0.15, -0.1) is 0 Å². The summed E-state index contributed by atoms with van der Waals surface area (Å²) in [5.41, 5.74) is 2.57. The monoisotopic (exact) mass is 302 g/mol. The van der Waals surface area contributed by atoms with Crippen molar-refractivity contribution < 1.29 is 14.3 Å². The van der Waals surface area contributed by atoms with Gasteiger partial charge in [-0.3, -0.25) is 0 Å². The molecule has 0 aliphatic heterocycles. The number of aryl methyl sites for hydroxylation is 1. The summed E-state index contributed by atoms with van der Waals surface area (Å²) in [4.78, 5) is 0. The molecular weight excluding hydrogens is 288 g/mol. The minimum atomic E-state index is -0.860. The SMILES string of the molecule is COc1ccc(C(O)c2cc3cc(C)ccc3o2)cc1Cl. The molecule has 1 aromatic heterocycles. The summed E-state index contributed by atoms with van der Waals surface area (Å²) in [5.74, 6) is 1.07. The minimum absolute atomic E-state index is 0.459. The second-order valence-corrected chi connectivity index (χ2v) is 5.39. The van der Waals surface area contributed by atoms with Gasteiger partial charge in [-0.2, -0.15) is 0 Å². The predicted octanol–water partition coefficient (Wildman–Crippen LogP) is 4.48. The van der Waals surface area contributed by atoms with E-state index in [1.54, 1.807) is 25.3 Å². The number of methoxy groups -OCH3 is 1. The summed E-state index contributed by atoms with van der Waals surface area (Å²) in [6.07, 6.45) is -0.860. The Hall–Kier alpha value is -1.97. The molecule has 0 spiro atoms. The Morgan fingerprint density at radius 3 is 2.67 bits per heavy atom. The number of ether oxygens (including phenoxy) is 1. The molecule has 0 fully saturated rings. The maximum Gasteiger partial charge on any atom is 0.138 e. The maximum atomic E-state index is 10.5. The topological polar surface area (TPSA) is 42.6 Å². The highest BCUT2D eigenvalue weighted by atomic mass is 35.5. The molecule has 1 N–H and O–H groups in total. The van der Waals surface area contributed by atoms with Gasteiger partial charge in [0.1, 0.15) is 23.2 Å². The minimum Gasteiger partial charge on any atom is -0.495 e. The number of aliphatic hydroxyl groups excluding tert-OH is 1. The Morgan fingerprint density at radius 1 is 1.14 bits per heavy atom. The molecule has 4 heteroatoms. The van der Waals surface area contributed by atoms with Crippen molar-refractivity contribution in [3.05, 3.63) is 64.4 Å². The number of hydrogen-bond acceptors (Lipinski definition) is 3. The van der Waals surface area contributed by atoms with Gasteiger partial charge in [-0.25, -0.2) is 0 Å². The average Bonchev–Trinajstić information content (AvgIpc) is 2.89. The molecule has 0 amide bonds.